The summed E-state index contributed by atoms with van der Waals surface area (Å²) in [5.74, 6) is 0.656. The molecule has 0 saturated heterocycles. The van der Waals surface area contributed by atoms with E-state index < -0.39 is 5.72 Å². The highest BCUT2D eigenvalue weighted by atomic mass is 16.5. The first-order valence-electron chi connectivity index (χ1n) is 7.54. The quantitative estimate of drug-likeness (QED) is 0.806. The summed E-state index contributed by atoms with van der Waals surface area (Å²) in [7, 11) is 0. The summed E-state index contributed by atoms with van der Waals surface area (Å²) in [6.07, 6.45) is 2.47. The SMILES string of the molecule is CC12OC(c3ccccc3)=CC(=O)N1CCc1ccccc12. The Labute approximate surface area is 129 Å². The Balaban J connectivity index is 1.83. The van der Waals surface area contributed by atoms with Gasteiger partial charge in [-0.15, -0.1) is 0 Å². The molecule has 0 bridgehead atoms. The van der Waals surface area contributed by atoms with Gasteiger partial charge >= 0.3 is 0 Å². The van der Waals surface area contributed by atoms with Gasteiger partial charge in [-0.05, 0) is 18.9 Å². The van der Waals surface area contributed by atoms with Crippen molar-refractivity contribution in [2.45, 2.75) is 19.1 Å². The highest BCUT2D eigenvalue weighted by molar-refractivity contribution is 5.96. The van der Waals surface area contributed by atoms with Crippen molar-refractivity contribution in [3.8, 4) is 0 Å². The van der Waals surface area contributed by atoms with E-state index in [2.05, 4.69) is 12.1 Å². The maximum Gasteiger partial charge on any atom is 0.253 e. The molecule has 1 atom stereocenters. The number of carbonyl (C=O) groups excluding carboxylic acids is 1. The molecular formula is C19H17NO2. The first kappa shape index (κ1) is 13.1. The van der Waals surface area contributed by atoms with Crippen LogP contribution in [0.1, 0.15) is 23.6 Å². The summed E-state index contributed by atoms with van der Waals surface area (Å²) in [5.41, 5.74) is 2.53. The van der Waals surface area contributed by atoms with Crippen LogP contribution in [0, 0.1) is 0 Å². The summed E-state index contributed by atoms with van der Waals surface area (Å²) in [4.78, 5) is 14.4. The molecule has 4 rings (SSSR count). The van der Waals surface area contributed by atoms with Crippen LogP contribution in [-0.2, 0) is 21.7 Å². The predicted molar refractivity (Wildman–Crippen MR) is 84.7 cm³/mol. The van der Waals surface area contributed by atoms with E-state index in [1.54, 1.807) is 6.08 Å². The molecule has 2 heterocycles. The van der Waals surface area contributed by atoms with Gasteiger partial charge in [0.1, 0.15) is 5.76 Å². The van der Waals surface area contributed by atoms with E-state index in [1.165, 1.54) is 5.56 Å². The van der Waals surface area contributed by atoms with Crippen molar-refractivity contribution < 1.29 is 9.53 Å². The third kappa shape index (κ3) is 1.86. The monoisotopic (exact) mass is 291 g/mol. The average Bonchev–Trinajstić information content (AvgIpc) is 2.55. The second-order valence-corrected chi connectivity index (χ2v) is 5.86. The lowest BCUT2D eigenvalue weighted by molar-refractivity contribution is -0.159. The molecule has 1 amide bonds. The first-order chi connectivity index (χ1) is 10.7. The van der Waals surface area contributed by atoms with E-state index in [9.17, 15) is 4.79 Å². The number of fused-ring (bicyclic) bond motifs is 3. The Morgan fingerprint density at radius 1 is 1.05 bits per heavy atom. The van der Waals surface area contributed by atoms with Gasteiger partial charge in [0.2, 0.25) is 5.72 Å². The maximum atomic E-state index is 12.6. The number of amides is 1. The van der Waals surface area contributed by atoms with Gasteiger partial charge < -0.3 is 4.74 Å². The molecule has 2 aromatic rings. The fourth-order valence-corrected chi connectivity index (χ4v) is 3.39. The van der Waals surface area contributed by atoms with E-state index in [1.807, 2.05) is 54.3 Å². The molecule has 110 valence electrons. The van der Waals surface area contributed by atoms with Gasteiger partial charge in [0.25, 0.3) is 5.91 Å². The summed E-state index contributed by atoms with van der Waals surface area (Å²) in [6, 6.07) is 18.0. The average molecular weight is 291 g/mol. The van der Waals surface area contributed by atoms with Crippen molar-refractivity contribution in [3.05, 3.63) is 77.4 Å². The molecule has 22 heavy (non-hydrogen) atoms. The third-order valence-electron chi connectivity index (χ3n) is 4.52. The largest absolute Gasteiger partial charge is 0.463 e. The molecular weight excluding hydrogens is 274 g/mol. The predicted octanol–water partition coefficient (Wildman–Crippen LogP) is 3.32. The van der Waals surface area contributed by atoms with E-state index >= 15 is 0 Å². The summed E-state index contributed by atoms with van der Waals surface area (Å²) < 4.78 is 6.33. The van der Waals surface area contributed by atoms with Gasteiger partial charge in [-0.2, -0.15) is 0 Å². The fraction of sp³-hybridized carbons (Fsp3) is 0.211. The van der Waals surface area contributed by atoms with Gasteiger partial charge in [0, 0.05) is 23.7 Å². The van der Waals surface area contributed by atoms with Gasteiger partial charge in [-0.1, -0.05) is 54.6 Å². The molecule has 0 aliphatic carbocycles. The zero-order valence-corrected chi connectivity index (χ0v) is 12.5. The van der Waals surface area contributed by atoms with E-state index in [4.69, 9.17) is 4.74 Å². The lowest BCUT2D eigenvalue weighted by Gasteiger charge is -2.47. The first-order valence-corrected chi connectivity index (χ1v) is 7.54. The zero-order chi connectivity index (χ0) is 15.2. The van der Waals surface area contributed by atoms with Crippen molar-refractivity contribution in [2.75, 3.05) is 6.54 Å². The van der Waals surface area contributed by atoms with Gasteiger partial charge in [0.15, 0.2) is 0 Å². The standard InChI is InChI=1S/C19H17NO2/c1-19-16-10-6-5-7-14(16)11-12-20(19)18(21)13-17(22-19)15-8-3-2-4-9-15/h2-10,13H,11-12H2,1H3. The van der Waals surface area contributed by atoms with Crippen LogP contribution < -0.4 is 0 Å². The molecule has 0 fully saturated rings. The number of hydrogen-bond acceptors (Lipinski definition) is 2. The second-order valence-electron chi connectivity index (χ2n) is 5.86. The van der Waals surface area contributed by atoms with Gasteiger partial charge in [-0.25, -0.2) is 0 Å². The maximum absolute atomic E-state index is 12.6. The summed E-state index contributed by atoms with van der Waals surface area (Å²) >= 11 is 0. The van der Waals surface area contributed by atoms with E-state index in [0.29, 0.717) is 12.3 Å². The Morgan fingerprint density at radius 3 is 2.59 bits per heavy atom. The van der Waals surface area contributed by atoms with Crippen LogP contribution in [0.25, 0.3) is 5.76 Å². The normalized spacial score (nSPS) is 23.2. The van der Waals surface area contributed by atoms with Crippen LogP contribution in [0.3, 0.4) is 0 Å². The number of carbonyl (C=O) groups is 1. The molecule has 1 unspecified atom stereocenters. The Hall–Kier alpha value is -2.55. The third-order valence-corrected chi connectivity index (χ3v) is 4.52. The molecule has 0 saturated carbocycles. The van der Waals surface area contributed by atoms with Gasteiger partial charge in [0.05, 0.1) is 0 Å². The van der Waals surface area contributed by atoms with Crippen molar-refractivity contribution in [2.24, 2.45) is 0 Å². The molecule has 0 spiro atoms. The van der Waals surface area contributed by atoms with Gasteiger partial charge in [-0.3, -0.25) is 9.69 Å². The molecule has 0 aromatic heterocycles. The molecule has 2 aliphatic rings. The lowest BCUT2D eigenvalue weighted by atomic mass is 9.89. The Kier molecular flexibility index (Phi) is 2.83. The minimum atomic E-state index is -0.730. The van der Waals surface area contributed by atoms with Crippen LogP contribution in [0.15, 0.2) is 60.7 Å². The van der Waals surface area contributed by atoms with E-state index in [-0.39, 0.29) is 5.91 Å². The van der Waals surface area contributed by atoms with Crippen LogP contribution >= 0.6 is 0 Å². The molecule has 3 nitrogen and oxygen atoms in total. The Morgan fingerprint density at radius 2 is 1.77 bits per heavy atom. The topological polar surface area (TPSA) is 29.5 Å². The van der Waals surface area contributed by atoms with Crippen molar-refractivity contribution in [1.29, 1.82) is 0 Å². The molecule has 2 aliphatic heterocycles. The zero-order valence-electron chi connectivity index (χ0n) is 12.5. The van der Waals surface area contributed by atoms with Crippen molar-refractivity contribution in [3.63, 3.8) is 0 Å². The van der Waals surface area contributed by atoms with Crippen LogP contribution in [0.4, 0.5) is 0 Å². The van der Waals surface area contributed by atoms with E-state index in [0.717, 1.165) is 17.5 Å². The molecule has 3 heteroatoms. The van der Waals surface area contributed by atoms with Crippen LogP contribution in [-0.4, -0.2) is 17.4 Å². The number of rotatable bonds is 1. The molecule has 0 radical (unpaired) electrons. The second kappa shape index (κ2) is 4.73. The minimum absolute atomic E-state index is 0.0158. The van der Waals surface area contributed by atoms with Crippen molar-refractivity contribution >= 4 is 11.7 Å². The molecule has 2 aromatic carbocycles. The molecule has 0 N–H and O–H groups in total. The Bertz CT molecular complexity index is 766. The highest BCUT2D eigenvalue weighted by Gasteiger charge is 2.46. The summed E-state index contributed by atoms with van der Waals surface area (Å²) in [5, 5.41) is 0. The minimum Gasteiger partial charge on any atom is -0.463 e. The number of nitrogens with zero attached hydrogens (tertiary/aromatic N) is 1. The number of ether oxygens (including phenoxy) is 1. The summed E-state index contributed by atoms with van der Waals surface area (Å²) in [6.45, 7) is 2.67. The van der Waals surface area contributed by atoms with Crippen LogP contribution in [0.5, 0.6) is 0 Å². The fourth-order valence-electron chi connectivity index (χ4n) is 3.39. The number of benzene rings is 2. The van der Waals surface area contributed by atoms with Crippen molar-refractivity contribution in [1.82, 2.24) is 4.90 Å². The smallest absolute Gasteiger partial charge is 0.253 e. The van der Waals surface area contributed by atoms with Crippen LogP contribution in [0.2, 0.25) is 0 Å². The lowest BCUT2D eigenvalue weighted by Crippen LogP contribution is -2.54. The number of hydrogen-bond donors (Lipinski definition) is 0. The highest BCUT2D eigenvalue weighted by Crippen LogP contribution is 2.42.